The number of hydrogen-bond donors (Lipinski definition) is 0. The zero-order valence-corrected chi connectivity index (χ0v) is 18.6. The van der Waals surface area contributed by atoms with E-state index in [0.29, 0.717) is 37.6 Å². The molecule has 0 radical (unpaired) electrons. The van der Waals surface area contributed by atoms with Gasteiger partial charge in [0.05, 0.1) is 5.69 Å². The van der Waals surface area contributed by atoms with E-state index < -0.39 is 0 Å². The Bertz CT molecular complexity index is 1150. The Balaban J connectivity index is 1.32. The molecule has 0 bridgehead atoms. The maximum Gasteiger partial charge on any atom is 0.289 e. The second kappa shape index (κ2) is 8.30. The van der Waals surface area contributed by atoms with Gasteiger partial charge in [-0.2, -0.15) is 5.10 Å². The molecule has 1 aliphatic heterocycles. The standard InChI is InChI=1S/C25H28N4O3/c1-3-18-8-10-19(11-9-18)29-21-6-4-5-20(21)23(26-29)25(31)28-15-13-27(14-16-28)24(30)22-12-7-17(2)32-22/h7-12H,3-6,13-16H2,1-2H3. The Morgan fingerprint density at radius 3 is 2.25 bits per heavy atom. The van der Waals surface area contributed by atoms with Crippen molar-refractivity contribution >= 4 is 11.8 Å². The predicted octanol–water partition coefficient (Wildman–Crippen LogP) is 3.42. The highest BCUT2D eigenvalue weighted by Crippen LogP contribution is 2.29. The number of carbonyl (C=O) groups is 2. The summed E-state index contributed by atoms with van der Waals surface area (Å²) in [6, 6.07) is 11.9. The summed E-state index contributed by atoms with van der Waals surface area (Å²) in [6.07, 6.45) is 3.87. The van der Waals surface area contributed by atoms with Crippen molar-refractivity contribution in [3.05, 3.63) is 70.4 Å². The number of aryl methyl sites for hydroxylation is 2. The minimum absolute atomic E-state index is 0.0342. The molecule has 0 unspecified atom stereocenters. The van der Waals surface area contributed by atoms with Crippen LogP contribution < -0.4 is 0 Å². The number of fused-ring (bicyclic) bond motifs is 1. The highest BCUT2D eigenvalue weighted by atomic mass is 16.3. The maximum absolute atomic E-state index is 13.4. The monoisotopic (exact) mass is 432 g/mol. The van der Waals surface area contributed by atoms with Crippen LogP contribution in [0.3, 0.4) is 0 Å². The molecular weight excluding hydrogens is 404 g/mol. The van der Waals surface area contributed by atoms with E-state index in [1.807, 2.05) is 16.5 Å². The lowest BCUT2D eigenvalue weighted by atomic mass is 10.1. The lowest BCUT2D eigenvalue weighted by molar-refractivity contribution is 0.0513. The highest BCUT2D eigenvalue weighted by Gasteiger charge is 2.32. The van der Waals surface area contributed by atoms with Gasteiger partial charge in [0.25, 0.3) is 11.8 Å². The third-order valence-corrected chi connectivity index (χ3v) is 6.53. The molecule has 3 aromatic rings. The number of nitrogens with zero attached hydrogens (tertiary/aromatic N) is 4. The van der Waals surface area contributed by atoms with Crippen LogP contribution in [0.5, 0.6) is 0 Å². The number of aromatic nitrogens is 2. The molecule has 3 heterocycles. The summed E-state index contributed by atoms with van der Waals surface area (Å²) in [5.41, 5.74) is 5.09. The van der Waals surface area contributed by atoms with Crippen molar-refractivity contribution in [2.75, 3.05) is 26.2 Å². The first kappa shape index (κ1) is 20.5. The minimum Gasteiger partial charge on any atom is -0.456 e. The minimum atomic E-state index is -0.120. The molecule has 0 atom stereocenters. The van der Waals surface area contributed by atoms with Crippen LogP contribution in [0.15, 0.2) is 40.8 Å². The molecule has 0 N–H and O–H groups in total. The quantitative estimate of drug-likeness (QED) is 0.633. The van der Waals surface area contributed by atoms with E-state index in [2.05, 4.69) is 31.2 Å². The molecule has 1 fully saturated rings. The number of benzene rings is 1. The van der Waals surface area contributed by atoms with Crippen LogP contribution in [-0.4, -0.2) is 57.6 Å². The fourth-order valence-corrected chi connectivity index (χ4v) is 4.66. The molecule has 32 heavy (non-hydrogen) atoms. The number of furan rings is 1. The molecular formula is C25H28N4O3. The van der Waals surface area contributed by atoms with E-state index in [1.54, 1.807) is 17.0 Å². The van der Waals surface area contributed by atoms with Gasteiger partial charge in [-0.05, 0) is 62.4 Å². The third kappa shape index (κ3) is 3.61. The van der Waals surface area contributed by atoms with Crippen LogP contribution in [0, 0.1) is 6.92 Å². The van der Waals surface area contributed by atoms with Crippen LogP contribution in [0.25, 0.3) is 5.69 Å². The maximum atomic E-state index is 13.4. The first-order valence-corrected chi connectivity index (χ1v) is 11.4. The highest BCUT2D eigenvalue weighted by molar-refractivity contribution is 5.95. The van der Waals surface area contributed by atoms with Crippen molar-refractivity contribution in [1.82, 2.24) is 19.6 Å². The van der Waals surface area contributed by atoms with E-state index in [9.17, 15) is 9.59 Å². The Kier molecular flexibility index (Phi) is 5.33. The van der Waals surface area contributed by atoms with Gasteiger partial charge >= 0.3 is 0 Å². The van der Waals surface area contributed by atoms with E-state index in [1.165, 1.54) is 5.56 Å². The van der Waals surface area contributed by atoms with Gasteiger partial charge in [-0.15, -0.1) is 0 Å². The molecule has 5 rings (SSSR count). The molecule has 7 nitrogen and oxygen atoms in total. The molecule has 166 valence electrons. The molecule has 1 aromatic carbocycles. The third-order valence-electron chi connectivity index (χ3n) is 6.53. The van der Waals surface area contributed by atoms with Gasteiger partial charge in [-0.25, -0.2) is 4.68 Å². The van der Waals surface area contributed by atoms with Crippen molar-refractivity contribution in [2.24, 2.45) is 0 Å². The number of carbonyl (C=O) groups excluding carboxylic acids is 2. The Labute approximate surface area is 187 Å². The Morgan fingerprint density at radius 1 is 0.938 bits per heavy atom. The van der Waals surface area contributed by atoms with Crippen LogP contribution in [0.4, 0.5) is 0 Å². The van der Waals surface area contributed by atoms with Crippen molar-refractivity contribution in [1.29, 1.82) is 0 Å². The predicted molar refractivity (Wildman–Crippen MR) is 120 cm³/mol. The van der Waals surface area contributed by atoms with Gasteiger partial charge in [0, 0.05) is 37.4 Å². The molecule has 0 saturated carbocycles. The van der Waals surface area contributed by atoms with Gasteiger partial charge in [0.15, 0.2) is 11.5 Å². The summed E-state index contributed by atoms with van der Waals surface area (Å²) in [5, 5.41) is 4.77. The average Bonchev–Trinajstić information content (AvgIpc) is 3.55. The zero-order chi connectivity index (χ0) is 22.2. The van der Waals surface area contributed by atoms with Gasteiger partial charge < -0.3 is 14.2 Å². The molecule has 7 heteroatoms. The first-order chi connectivity index (χ1) is 15.5. The topological polar surface area (TPSA) is 71.6 Å². The van der Waals surface area contributed by atoms with Gasteiger partial charge in [-0.3, -0.25) is 9.59 Å². The zero-order valence-electron chi connectivity index (χ0n) is 18.6. The van der Waals surface area contributed by atoms with Crippen LogP contribution >= 0.6 is 0 Å². The second-order valence-corrected chi connectivity index (χ2v) is 8.55. The number of piperazine rings is 1. The van der Waals surface area contributed by atoms with Gasteiger partial charge in [0.2, 0.25) is 0 Å². The van der Waals surface area contributed by atoms with Gasteiger partial charge in [-0.1, -0.05) is 19.1 Å². The normalized spacial score (nSPS) is 15.8. The summed E-state index contributed by atoms with van der Waals surface area (Å²) >= 11 is 0. The van der Waals surface area contributed by atoms with E-state index in [0.717, 1.165) is 48.4 Å². The van der Waals surface area contributed by atoms with Crippen molar-refractivity contribution in [3.63, 3.8) is 0 Å². The molecule has 2 amide bonds. The SMILES string of the molecule is CCc1ccc(-n2nc(C(=O)N3CCN(C(=O)c4ccc(C)o4)CC3)c3c2CCC3)cc1. The molecule has 1 aliphatic carbocycles. The number of rotatable bonds is 4. The van der Waals surface area contributed by atoms with Crippen molar-refractivity contribution in [3.8, 4) is 5.69 Å². The van der Waals surface area contributed by atoms with Crippen molar-refractivity contribution < 1.29 is 14.0 Å². The average molecular weight is 433 g/mol. The number of amides is 2. The lowest BCUT2D eigenvalue weighted by Crippen LogP contribution is -2.50. The summed E-state index contributed by atoms with van der Waals surface area (Å²) in [6.45, 7) is 5.94. The molecule has 1 saturated heterocycles. The summed E-state index contributed by atoms with van der Waals surface area (Å²) < 4.78 is 7.42. The Hall–Kier alpha value is -3.35. The van der Waals surface area contributed by atoms with Crippen molar-refractivity contribution in [2.45, 2.75) is 39.5 Å². The largest absolute Gasteiger partial charge is 0.456 e. The summed E-state index contributed by atoms with van der Waals surface area (Å²) in [5.74, 6) is 0.919. The smallest absolute Gasteiger partial charge is 0.289 e. The van der Waals surface area contributed by atoms with E-state index in [4.69, 9.17) is 9.52 Å². The van der Waals surface area contributed by atoms with Crippen LogP contribution in [0.1, 0.15) is 57.0 Å². The lowest BCUT2D eigenvalue weighted by Gasteiger charge is -2.34. The fraction of sp³-hybridized carbons (Fsp3) is 0.400. The van der Waals surface area contributed by atoms with Gasteiger partial charge in [0.1, 0.15) is 5.76 Å². The van der Waals surface area contributed by atoms with E-state index >= 15 is 0 Å². The number of hydrogen-bond acceptors (Lipinski definition) is 4. The summed E-state index contributed by atoms with van der Waals surface area (Å²) in [4.78, 5) is 29.6. The molecule has 2 aliphatic rings. The first-order valence-electron chi connectivity index (χ1n) is 11.4. The second-order valence-electron chi connectivity index (χ2n) is 8.55. The molecule has 0 spiro atoms. The van der Waals surface area contributed by atoms with Crippen LogP contribution in [0.2, 0.25) is 0 Å². The van der Waals surface area contributed by atoms with E-state index in [-0.39, 0.29) is 11.8 Å². The Morgan fingerprint density at radius 2 is 1.62 bits per heavy atom. The molecule has 2 aromatic heterocycles. The summed E-state index contributed by atoms with van der Waals surface area (Å²) in [7, 11) is 0. The fourth-order valence-electron chi connectivity index (χ4n) is 4.66. The van der Waals surface area contributed by atoms with Crippen LogP contribution in [-0.2, 0) is 19.3 Å².